The van der Waals surface area contributed by atoms with Crippen molar-refractivity contribution in [2.24, 2.45) is 7.05 Å². The van der Waals surface area contributed by atoms with Crippen molar-refractivity contribution in [1.29, 1.82) is 0 Å². The Morgan fingerprint density at radius 1 is 0.854 bits per heavy atom. The summed E-state index contributed by atoms with van der Waals surface area (Å²) < 4.78 is 7.44. The fourth-order valence-electron chi connectivity index (χ4n) is 6.02. The molecule has 1 fully saturated rings. The predicted molar refractivity (Wildman–Crippen MR) is 166 cm³/mol. The fraction of sp³-hybridized carbons (Fsp3) is 0.273. The van der Waals surface area contributed by atoms with Gasteiger partial charge in [-0.3, -0.25) is 4.79 Å². The molecule has 5 aromatic rings. The molecule has 1 amide bonds. The molecule has 1 saturated heterocycles. The Hall–Kier alpha value is -4.30. The molecule has 0 N–H and O–H groups in total. The van der Waals surface area contributed by atoms with Crippen molar-refractivity contribution in [1.82, 2.24) is 14.5 Å². The van der Waals surface area contributed by atoms with Gasteiger partial charge in [0.15, 0.2) is 0 Å². The van der Waals surface area contributed by atoms with Gasteiger partial charge in [-0.1, -0.05) is 24.3 Å². The van der Waals surface area contributed by atoms with E-state index in [-0.39, 0.29) is 5.91 Å². The van der Waals surface area contributed by atoms with Crippen LogP contribution in [0, 0.1) is 0 Å². The van der Waals surface area contributed by atoms with Crippen LogP contribution in [-0.2, 0) is 20.0 Å². The van der Waals surface area contributed by atoms with Gasteiger partial charge >= 0.3 is 0 Å². The maximum Gasteiger partial charge on any atom is 0.264 e. The Morgan fingerprint density at radius 2 is 1.66 bits per heavy atom. The average molecular weight is 564 g/mol. The molecule has 0 unspecified atom stereocenters. The molecule has 8 heteroatoms. The highest BCUT2D eigenvalue weighted by Crippen LogP contribution is 2.33. The van der Waals surface area contributed by atoms with Gasteiger partial charge in [-0.05, 0) is 66.6 Å². The van der Waals surface area contributed by atoms with E-state index in [0.717, 1.165) is 78.7 Å². The van der Waals surface area contributed by atoms with Crippen LogP contribution >= 0.6 is 11.3 Å². The number of para-hydroxylation sites is 2. The Morgan fingerprint density at radius 3 is 2.44 bits per heavy atom. The number of benzene rings is 3. The second-order valence-electron chi connectivity index (χ2n) is 10.7. The van der Waals surface area contributed by atoms with Crippen LogP contribution in [0.3, 0.4) is 0 Å². The lowest BCUT2D eigenvalue weighted by atomic mass is 10.1. The number of ether oxygens (including phenoxy) is 1. The van der Waals surface area contributed by atoms with Crippen molar-refractivity contribution in [2.45, 2.75) is 13.0 Å². The highest BCUT2D eigenvalue weighted by Gasteiger charge is 2.27. The van der Waals surface area contributed by atoms with E-state index < -0.39 is 0 Å². The second-order valence-corrected chi connectivity index (χ2v) is 11.9. The number of hydrogen-bond acceptors (Lipinski definition) is 6. The Kier molecular flexibility index (Phi) is 6.63. The van der Waals surface area contributed by atoms with E-state index in [9.17, 15) is 4.79 Å². The standard InChI is InChI=1S/C33H33N5O2S/c1-35-29-9-4-3-8-28(29)34-32(35)23-6-5-7-26(20-23)38-15-14-30-24(22-38)21-31(41-30)33(39)37-18-16-36(17-19-37)25-10-12-27(40-2)13-11-25/h3-13,20-21H,14-19,22H2,1-2H3. The third-order valence-corrected chi connectivity index (χ3v) is 9.56. The fourth-order valence-corrected chi connectivity index (χ4v) is 7.15. The van der Waals surface area contributed by atoms with Gasteiger partial charge in [0, 0.05) is 68.1 Å². The summed E-state index contributed by atoms with van der Waals surface area (Å²) in [5.74, 6) is 1.99. The number of aromatic nitrogens is 2. The lowest BCUT2D eigenvalue weighted by Crippen LogP contribution is -2.48. The van der Waals surface area contributed by atoms with Gasteiger partial charge in [0.05, 0.1) is 23.0 Å². The molecular weight excluding hydrogens is 530 g/mol. The van der Waals surface area contributed by atoms with Crippen LogP contribution < -0.4 is 14.5 Å². The molecule has 7 nitrogen and oxygen atoms in total. The van der Waals surface area contributed by atoms with Crippen LogP contribution in [0.2, 0.25) is 0 Å². The molecule has 0 saturated carbocycles. The maximum absolute atomic E-state index is 13.5. The van der Waals surface area contributed by atoms with Gasteiger partial charge in [0.1, 0.15) is 11.6 Å². The molecule has 0 atom stereocenters. The number of thiophene rings is 1. The first-order valence-electron chi connectivity index (χ1n) is 14.1. The first-order chi connectivity index (χ1) is 20.1. The first kappa shape index (κ1) is 25.7. The zero-order valence-corrected chi connectivity index (χ0v) is 24.2. The number of nitrogens with zero attached hydrogens (tertiary/aromatic N) is 5. The van der Waals surface area contributed by atoms with Crippen LogP contribution in [0.1, 0.15) is 20.1 Å². The molecule has 2 aromatic heterocycles. The highest BCUT2D eigenvalue weighted by molar-refractivity contribution is 7.14. The number of carbonyl (C=O) groups is 1. The molecule has 0 bridgehead atoms. The number of rotatable bonds is 5. The smallest absolute Gasteiger partial charge is 0.264 e. The highest BCUT2D eigenvalue weighted by atomic mass is 32.1. The number of amides is 1. The summed E-state index contributed by atoms with van der Waals surface area (Å²) in [7, 11) is 3.76. The minimum Gasteiger partial charge on any atom is -0.497 e. The van der Waals surface area contributed by atoms with Crippen LogP contribution in [0.15, 0.2) is 78.9 Å². The third kappa shape index (κ3) is 4.82. The van der Waals surface area contributed by atoms with Gasteiger partial charge in [0.25, 0.3) is 5.91 Å². The SMILES string of the molecule is COc1ccc(N2CCN(C(=O)c3cc4c(s3)CCN(c3cccc(-c5nc6ccccc6n5C)c3)C4)CC2)cc1. The van der Waals surface area contributed by atoms with Crippen molar-refractivity contribution in [3.63, 3.8) is 0 Å². The molecule has 7 rings (SSSR count). The summed E-state index contributed by atoms with van der Waals surface area (Å²) in [6, 6.07) is 27.2. The number of fused-ring (bicyclic) bond motifs is 2. The topological polar surface area (TPSA) is 53.8 Å². The van der Waals surface area contributed by atoms with E-state index in [1.54, 1.807) is 18.4 Å². The normalized spacial score (nSPS) is 15.3. The van der Waals surface area contributed by atoms with Crippen molar-refractivity contribution in [3.8, 4) is 17.1 Å². The Bertz CT molecular complexity index is 1720. The monoisotopic (exact) mass is 563 g/mol. The van der Waals surface area contributed by atoms with Crippen LogP contribution in [0.25, 0.3) is 22.4 Å². The van der Waals surface area contributed by atoms with Crippen molar-refractivity contribution >= 4 is 39.7 Å². The van der Waals surface area contributed by atoms with E-state index in [1.165, 1.54) is 21.8 Å². The summed E-state index contributed by atoms with van der Waals surface area (Å²) in [5, 5.41) is 0. The van der Waals surface area contributed by atoms with Crippen LogP contribution in [0.4, 0.5) is 11.4 Å². The Balaban J connectivity index is 1.03. The number of imidazole rings is 1. The summed E-state index contributed by atoms with van der Waals surface area (Å²) in [5.41, 5.74) is 6.89. The molecule has 0 aliphatic carbocycles. The van der Waals surface area contributed by atoms with Crippen molar-refractivity contribution in [3.05, 3.63) is 94.2 Å². The maximum atomic E-state index is 13.5. The molecule has 0 radical (unpaired) electrons. The number of carbonyl (C=O) groups excluding carboxylic acids is 1. The zero-order valence-electron chi connectivity index (χ0n) is 23.4. The van der Waals surface area contributed by atoms with Gasteiger partial charge in [0.2, 0.25) is 0 Å². The quantitative estimate of drug-likeness (QED) is 0.269. The van der Waals surface area contributed by atoms with Crippen molar-refractivity contribution < 1.29 is 9.53 Å². The summed E-state index contributed by atoms with van der Waals surface area (Å²) in [4.78, 5) is 27.3. The minimum absolute atomic E-state index is 0.161. The summed E-state index contributed by atoms with van der Waals surface area (Å²) in [6.45, 7) is 4.88. The van der Waals surface area contributed by atoms with E-state index in [4.69, 9.17) is 9.72 Å². The zero-order chi connectivity index (χ0) is 27.9. The van der Waals surface area contributed by atoms with E-state index >= 15 is 0 Å². The van der Waals surface area contributed by atoms with E-state index in [1.807, 2.05) is 23.1 Å². The predicted octanol–water partition coefficient (Wildman–Crippen LogP) is 5.84. The number of hydrogen-bond donors (Lipinski definition) is 0. The molecule has 0 spiro atoms. The largest absolute Gasteiger partial charge is 0.497 e. The van der Waals surface area contributed by atoms with Crippen LogP contribution in [0.5, 0.6) is 5.75 Å². The summed E-state index contributed by atoms with van der Waals surface area (Å²) >= 11 is 1.68. The molecule has 41 heavy (non-hydrogen) atoms. The van der Waals surface area contributed by atoms with Crippen molar-refractivity contribution in [2.75, 3.05) is 49.6 Å². The van der Waals surface area contributed by atoms with Gasteiger partial charge in [-0.25, -0.2) is 4.98 Å². The average Bonchev–Trinajstić information content (AvgIpc) is 3.62. The third-order valence-electron chi connectivity index (χ3n) is 8.34. The lowest BCUT2D eigenvalue weighted by Gasteiger charge is -2.36. The number of anilines is 2. The number of piperazine rings is 1. The van der Waals surface area contributed by atoms with Crippen LogP contribution in [-0.4, -0.2) is 60.2 Å². The molecule has 3 aromatic carbocycles. The number of aryl methyl sites for hydroxylation is 1. The number of methoxy groups -OCH3 is 1. The Labute approximate surface area is 244 Å². The first-order valence-corrected chi connectivity index (χ1v) is 15.0. The van der Waals surface area contributed by atoms with Gasteiger partial charge in [-0.15, -0.1) is 11.3 Å². The molecule has 4 heterocycles. The molecule has 208 valence electrons. The molecule has 2 aliphatic rings. The van der Waals surface area contributed by atoms with Gasteiger partial charge < -0.3 is 24.0 Å². The lowest BCUT2D eigenvalue weighted by molar-refractivity contribution is 0.0751. The van der Waals surface area contributed by atoms with E-state index in [2.05, 4.69) is 82.1 Å². The molecule has 2 aliphatic heterocycles. The molecular formula is C33H33N5O2S. The second kappa shape index (κ2) is 10.6. The summed E-state index contributed by atoms with van der Waals surface area (Å²) in [6.07, 6.45) is 0.953. The van der Waals surface area contributed by atoms with E-state index in [0.29, 0.717) is 0 Å². The minimum atomic E-state index is 0.161. The van der Waals surface area contributed by atoms with Gasteiger partial charge in [-0.2, -0.15) is 0 Å².